The molecule has 0 aromatic carbocycles. The molecular formula is C11H12N4O2S. The van der Waals surface area contributed by atoms with Gasteiger partial charge < -0.3 is 4.98 Å². The first-order chi connectivity index (χ1) is 8.62. The van der Waals surface area contributed by atoms with Gasteiger partial charge in [0.05, 0.1) is 23.2 Å². The zero-order valence-electron chi connectivity index (χ0n) is 9.77. The summed E-state index contributed by atoms with van der Waals surface area (Å²) in [6.45, 7) is 1.67. The average molecular weight is 264 g/mol. The van der Waals surface area contributed by atoms with E-state index in [0.29, 0.717) is 5.65 Å². The molecule has 7 heteroatoms. The topological polar surface area (TPSA) is 87.7 Å². The molecule has 0 unspecified atom stereocenters. The van der Waals surface area contributed by atoms with E-state index in [1.807, 2.05) is 0 Å². The van der Waals surface area contributed by atoms with Gasteiger partial charge in [-0.1, -0.05) is 11.8 Å². The quantitative estimate of drug-likeness (QED) is 0.778. The molecule has 0 aliphatic rings. The number of sulfonamides is 1. The van der Waals surface area contributed by atoms with Gasteiger partial charge in [-0.15, -0.1) is 0 Å². The highest BCUT2D eigenvalue weighted by atomic mass is 32.2. The monoisotopic (exact) mass is 264 g/mol. The Kier molecular flexibility index (Phi) is 3.60. The molecule has 0 saturated heterocycles. The van der Waals surface area contributed by atoms with Crippen molar-refractivity contribution < 1.29 is 8.42 Å². The van der Waals surface area contributed by atoms with Crippen LogP contribution in [-0.4, -0.2) is 35.7 Å². The molecule has 2 rings (SSSR count). The Morgan fingerprint density at radius 2 is 2.33 bits per heavy atom. The van der Waals surface area contributed by atoms with Gasteiger partial charge in [-0.05, 0) is 6.92 Å². The molecule has 2 heterocycles. The summed E-state index contributed by atoms with van der Waals surface area (Å²) < 4.78 is 24.7. The molecule has 2 aromatic rings. The molecule has 0 bridgehead atoms. The van der Waals surface area contributed by atoms with Crippen molar-refractivity contribution in [2.75, 3.05) is 12.3 Å². The molecule has 18 heavy (non-hydrogen) atoms. The third-order valence-corrected chi connectivity index (χ3v) is 3.68. The Hall–Kier alpha value is -1.91. The van der Waals surface area contributed by atoms with Crippen LogP contribution < -0.4 is 4.72 Å². The maximum absolute atomic E-state index is 11.2. The van der Waals surface area contributed by atoms with Crippen LogP contribution >= 0.6 is 0 Å². The van der Waals surface area contributed by atoms with Crippen LogP contribution in [0.2, 0.25) is 0 Å². The highest BCUT2D eigenvalue weighted by molar-refractivity contribution is 7.89. The number of aromatic amines is 1. The van der Waals surface area contributed by atoms with Crippen molar-refractivity contribution >= 4 is 21.1 Å². The molecule has 0 fully saturated rings. The summed E-state index contributed by atoms with van der Waals surface area (Å²) in [6, 6.07) is 0. The molecule has 0 spiro atoms. The fourth-order valence-corrected chi connectivity index (χ4v) is 1.85. The normalized spacial score (nSPS) is 11.2. The van der Waals surface area contributed by atoms with Crippen LogP contribution in [0.25, 0.3) is 11.0 Å². The highest BCUT2D eigenvalue weighted by Gasteiger charge is 2.03. The highest BCUT2D eigenvalue weighted by Crippen LogP contribution is 2.12. The lowest BCUT2D eigenvalue weighted by molar-refractivity contribution is 0.587. The van der Waals surface area contributed by atoms with Gasteiger partial charge in [0, 0.05) is 12.4 Å². The first-order valence-electron chi connectivity index (χ1n) is 5.35. The number of H-pyrrole nitrogens is 1. The number of hydrogen-bond donors (Lipinski definition) is 2. The van der Waals surface area contributed by atoms with Crippen molar-refractivity contribution in [1.29, 1.82) is 0 Å². The van der Waals surface area contributed by atoms with Crippen molar-refractivity contribution in [1.82, 2.24) is 19.7 Å². The largest absolute Gasteiger partial charge is 0.345 e. The Bertz CT molecular complexity index is 709. The van der Waals surface area contributed by atoms with E-state index in [2.05, 4.69) is 31.5 Å². The first-order valence-corrected chi connectivity index (χ1v) is 7.01. The lowest BCUT2D eigenvalue weighted by Gasteiger charge is -1.97. The van der Waals surface area contributed by atoms with E-state index in [4.69, 9.17) is 0 Å². The molecule has 6 nitrogen and oxygen atoms in total. The zero-order valence-corrected chi connectivity index (χ0v) is 10.6. The predicted molar refractivity (Wildman–Crippen MR) is 68.2 cm³/mol. The van der Waals surface area contributed by atoms with E-state index in [1.54, 1.807) is 19.3 Å². The molecule has 0 aliphatic carbocycles. The number of hydrogen-bond acceptors (Lipinski definition) is 4. The van der Waals surface area contributed by atoms with Crippen LogP contribution in [-0.2, 0) is 10.0 Å². The SMILES string of the molecule is CCS(=O)(=O)NCC#Cc1c[nH]c2ncncc12. The number of aromatic nitrogens is 3. The van der Waals surface area contributed by atoms with E-state index in [-0.39, 0.29) is 12.3 Å². The number of nitrogens with zero attached hydrogens (tertiary/aromatic N) is 2. The minimum absolute atomic E-state index is 0.0512. The van der Waals surface area contributed by atoms with Gasteiger partial charge in [0.25, 0.3) is 0 Å². The Morgan fingerprint density at radius 1 is 1.50 bits per heavy atom. The van der Waals surface area contributed by atoms with Gasteiger partial charge >= 0.3 is 0 Å². The first kappa shape index (κ1) is 12.5. The third-order valence-electron chi connectivity index (χ3n) is 2.34. The third kappa shape index (κ3) is 2.85. The fraction of sp³-hybridized carbons (Fsp3) is 0.273. The molecule has 0 atom stereocenters. The molecule has 0 saturated carbocycles. The summed E-state index contributed by atoms with van der Waals surface area (Å²) >= 11 is 0. The van der Waals surface area contributed by atoms with Crippen molar-refractivity contribution in [2.24, 2.45) is 0 Å². The van der Waals surface area contributed by atoms with Crippen molar-refractivity contribution in [3.05, 3.63) is 24.3 Å². The van der Waals surface area contributed by atoms with Gasteiger partial charge in [0.2, 0.25) is 10.0 Å². The molecule has 2 N–H and O–H groups in total. The maximum atomic E-state index is 11.2. The predicted octanol–water partition coefficient (Wildman–Crippen LogP) is 0.249. The van der Waals surface area contributed by atoms with Crippen molar-refractivity contribution in [3.8, 4) is 11.8 Å². The fourth-order valence-electron chi connectivity index (χ4n) is 1.35. The second kappa shape index (κ2) is 5.16. The number of nitrogens with one attached hydrogen (secondary N) is 2. The van der Waals surface area contributed by atoms with Gasteiger partial charge in [-0.2, -0.15) is 0 Å². The van der Waals surface area contributed by atoms with E-state index in [1.165, 1.54) is 6.33 Å². The molecule has 94 valence electrons. The lowest BCUT2D eigenvalue weighted by Crippen LogP contribution is -2.25. The molecule has 0 amide bonds. The average Bonchev–Trinajstić information content (AvgIpc) is 2.78. The van der Waals surface area contributed by atoms with Gasteiger partial charge in [0.15, 0.2) is 0 Å². The molecule has 2 aromatic heterocycles. The maximum Gasteiger partial charge on any atom is 0.212 e. The Morgan fingerprint density at radius 3 is 3.11 bits per heavy atom. The molecular weight excluding hydrogens is 252 g/mol. The van der Waals surface area contributed by atoms with Crippen LogP contribution in [0.4, 0.5) is 0 Å². The number of fused-ring (bicyclic) bond motifs is 1. The molecule has 0 radical (unpaired) electrons. The van der Waals surface area contributed by atoms with Crippen LogP contribution in [0.3, 0.4) is 0 Å². The van der Waals surface area contributed by atoms with E-state index in [0.717, 1.165) is 10.9 Å². The van der Waals surface area contributed by atoms with E-state index in [9.17, 15) is 8.42 Å². The summed E-state index contributed by atoms with van der Waals surface area (Å²) in [7, 11) is -3.19. The Labute approximate surface area is 105 Å². The van der Waals surface area contributed by atoms with Crippen LogP contribution in [0, 0.1) is 11.8 Å². The van der Waals surface area contributed by atoms with E-state index >= 15 is 0 Å². The summed E-state index contributed by atoms with van der Waals surface area (Å²) in [6.07, 6.45) is 4.84. The molecule has 0 aliphatic heterocycles. The summed E-state index contributed by atoms with van der Waals surface area (Å²) in [5, 5.41) is 0.823. The minimum atomic E-state index is -3.19. The second-order valence-electron chi connectivity index (χ2n) is 3.51. The van der Waals surface area contributed by atoms with Crippen LogP contribution in [0.15, 0.2) is 18.7 Å². The minimum Gasteiger partial charge on any atom is -0.345 e. The number of rotatable bonds is 3. The smallest absolute Gasteiger partial charge is 0.212 e. The summed E-state index contributed by atoms with van der Waals surface area (Å²) in [5.74, 6) is 5.68. The second-order valence-corrected chi connectivity index (χ2v) is 5.61. The van der Waals surface area contributed by atoms with E-state index < -0.39 is 10.0 Å². The summed E-state index contributed by atoms with van der Waals surface area (Å²) in [4.78, 5) is 10.9. The van der Waals surface area contributed by atoms with Crippen LogP contribution in [0.5, 0.6) is 0 Å². The van der Waals surface area contributed by atoms with Crippen LogP contribution in [0.1, 0.15) is 12.5 Å². The zero-order chi connectivity index (χ0) is 13.0. The van der Waals surface area contributed by atoms with Crippen molar-refractivity contribution in [2.45, 2.75) is 6.92 Å². The summed E-state index contributed by atoms with van der Waals surface area (Å²) in [5.41, 5.74) is 1.46. The van der Waals surface area contributed by atoms with Crippen molar-refractivity contribution in [3.63, 3.8) is 0 Å². The van der Waals surface area contributed by atoms with Gasteiger partial charge in [0.1, 0.15) is 12.0 Å². The van der Waals surface area contributed by atoms with Gasteiger partial charge in [-0.3, -0.25) is 0 Å². The lowest BCUT2D eigenvalue weighted by atomic mass is 10.2. The standard InChI is InChI=1S/C11H12N4O2S/c1-2-18(16,17)15-5-3-4-9-6-13-11-10(9)7-12-8-14-11/h6-8,15H,2,5H2,1H3,(H,12,13,14). The Balaban J connectivity index is 2.11. The van der Waals surface area contributed by atoms with Gasteiger partial charge in [-0.25, -0.2) is 23.1 Å².